The first-order valence-corrected chi connectivity index (χ1v) is 7.93. The van der Waals surface area contributed by atoms with Gasteiger partial charge in [-0.25, -0.2) is 0 Å². The van der Waals surface area contributed by atoms with E-state index >= 15 is 0 Å². The Labute approximate surface area is 125 Å². The van der Waals surface area contributed by atoms with Gasteiger partial charge in [0.1, 0.15) is 0 Å². The van der Waals surface area contributed by atoms with Crippen LogP contribution in [0.2, 0.25) is 0 Å². The van der Waals surface area contributed by atoms with Crippen LogP contribution in [0.1, 0.15) is 31.2 Å². The molecule has 2 aliphatic rings. The Morgan fingerprint density at radius 2 is 1.76 bits per heavy atom. The lowest BCUT2D eigenvalue weighted by Crippen LogP contribution is -2.43. The van der Waals surface area contributed by atoms with Gasteiger partial charge in [-0.2, -0.15) is 0 Å². The summed E-state index contributed by atoms with van der Waals surface area (Å²) in [5, 5.41) is 11.1. The topological polar surface area (TPSA) is 49.6 Å². The number of likely N-dealkylation sites (tertiary alicyclic amines) is 2. The van der Waals surface area contributed by atoms with Crippen LogP contribution >= 0.6 is 0 Å². The van der Waals surface area contributed by atoms with Gasteiger partial charge in [0.25, 0.3) is 5.69 Å². The van der Waals surface area contributed by atoms with E-state index < -0.39 is 0 Å². The summed E-state index contributed by atoms with van der Waals surface area (Å²) in [5.74, 6) is 0. The van der Waals surface area contributed by atoms with Gasteiger partial charge in [-0.3, -0.25) is 15.0 Å². The molecule has 2 fully saturated rings. The third kappa shape index (κ3) is 3.41. The van der Waals surface area contributed by atoms with Crippen LogP contribution in [0, 0.1) is 10.1 Å². The van der Waals surface area contributed by atoms with E-state index in [0.29, 0.717) is 6.54 Å². The second kappa shape index (κ2) is 6.54. The highest BCUT2D eigenvalue weighted by Crippen LogP contribution is 2.24. The quantitative estimate of drug-likeness (QED) is 0.631. The molecule has 1 aromatic rings. The maximum absolute atomic E-state index is 11.1. The van der Waals surface area contributed by atoms with E-state index in [1.54, 1.807) is 12.1 Å². The van der Waals surface area contributed by atoms with Crippen LogP contribution in [0.25, 0.3) is 0 Å². The lowest BCUT2D eigenvalue weighted by molar-refractivity contribution is -0.385. The lowest BCUT2D eigenvalue weighted by atomic mass is 10.0. The first-order chi connectivity index (χ1) is 10.2. The van der Waals surface area contributed by atoms with Crippen LogP contribution in [0.4, 0.5) is 5.69 Å². The molecule has 5 nitrogen and oxygen atoms in total. The van der Waals surface area contributed by atoms with Crippen molar-refractivity contribution in [2.75, 3.05) is 26.2 Å². The van der Waals surface area contributed by atoms with Crippen LogP contribution in [0.5, 0.6) is 0 Å². The zero-order valence-corrected chi connectivity index (χ0v) is 12.4. The Morgan fingerprint density at radius 3 is 2.43 bits per heavy atom. The average Bonchev–Trinajstić information content (AvgIpc) is 3.03. The van der Waals surface area contributed by atoms with Gasteiger partial charge in [0.15, 0.2) is 0 Å². The minimum absolute atomic E-state index is 0.249. The van der Waals surface area contributed by atoms with E-state index in [-0.39, 0.29) is 10.6 Å². The van der Waals surface area contributed by atoms with Crippen molar-refractivity contribution in [3.05, 3.63) is 39.9 Å². The third-order valence-corrected chi connectivity index (χ3v) is 4.80. The Balaban J connectivity index is 1.57. The zero-order chi connectivity index (χ0) is 14.7. The van der Waals surface area contributed by atoms with Gasteiger partial charge in [-0.1, -0.05) is 18.2 Å². The summed E-state index contributed by atoms with van der Waals surface area (Å²) in [7, 11) is 0. The highest BCUT2D eigenvalue weighted by Gasteiger charge is 2.27. The maximum atomic E-state index is 11.1. The third-order valence-electron chi connectivity index (χ3n) is 4.80. The number of hydrogen-bond acceptors (Lipinski definition) is 4. The predicted octanol–water partition coefficient (Wildman–Crippen LogP) is 2.66. The largest absolute Gasteiger partial charge is 0.300 e. The number of nitro groups is 1. The molecule has 0 N–H and O–H groups in total. The van der Waals surface area contributed by atoms with Crippen molar-refractivity contribution in [3.8, 4) is 0 Å². The molecule has 0 unspecified atom stereocenters. The standard InChI is InChI=1S/C16H23N3O2/c20-19(21)16-6-2-1-5-14(16)13-17-11-7-15(8-12-17)18-9-3-4-10-18/h1-2,5-6,15H,3-4,7-13H2. The molecule has 0 spiro atoms. The molecule has 21 heavy (non-hydrogen) atoms. The van der Waals surface area contributed by atoms with Crippen LogP contribution < -0.4 is 0 Å². The fraction of sp³-hybridized carbons (Fsp3) is 0.625. The molecule has 0 aromatic heterocycles. The molecule has 0 bridgehead atoms. The summed E-state index contributed by atoms with van der Waals surface area (Å²) in [6.07, 6.45) is 5.08. The Hall–Kier alpha value is -1.46. The summed E-state index contributed by atoms with van der Waals surface area (Å²) in [5.41, 5.74) is 1.08. The highest BCUT2D eigenvalue weighted by atomic mass is 16.6. The Bertz CT molecular complexity index is 492. The molecule has 0 saturated carbocycles. The van der Waals surface area contributed by atoms with Crippen molar-refractivity contribution in [3.63, 3.8) is 0 Å². The fourth-order valence-corrected chi connectivity index (χ4v) is 3.61. The summed E-state index contributed by atoms with van der Waals surface area (Å²) >= 11 is 0. The fourth-order valence-electron chi connectivity index (χ4n) is 3.61. The van der Waals surface area contributed by atoms with Crippen LogP contribution in [-0.2, 0) is 6.54 Å². The van der Waals surface area contributed by atoms with Crippen molar-refractivity contribution in [1.29, 1.82) is 0 Å². The van der Waals surface area contributed by atoms with Crippen LogP contribution in [0.3, 0.4) is 0 Å². The van der Waals surface area contributed by atoms with Crippen molar-refractivity contribution in [1.82, 2.24) is 9.80 Å². The molecule has 3 rings (SSSR count). The minimum Gasteiger partial charge on any atom is -0.300 e. The second-order valence-electron chi connectivity index (χ2n) is 6.14. The van der Waals surface area contributed by atoms with Crippen molar-refractivity contribution < 1.29 is 4.92 Å². The molecule has 2 aliphatic heterocycles. The van der Waals surface area contributed by atoms with Gasteiger partial charge in [0.2, 0.25) is 0 Å². The van der Waals surface area contributed by atoms with Gasteiger partial charge < -0.3 is 4.90 Å². The SMILES string of the molecule is O=[N+]([O-])c1ccccc1CN1CCC(N2CCCC2)CC1. The van der Waals surface area contributed by atoms with Crippen molar-refractivity contribution in [2.45, 2.75) is 38.3 Å². The van der Waals surface area contributed by atoms with Gasteiger partial charge in [-0.05, 0) is 51.9 Å². The monoisotopic (exact) mass is 289 g/mol. The molecule has 5 heteroatoms. The first kappa shape index (κ1) is 14.5. The van der Waals surface area contributed by atoms with Gasteiger partial charge >= 0.3 is 0 Å². The van der Waals surface area contributed by atoms with Crippen LogP contribution in [-0.4, -0.2) is 46.9 Å². The predicted molar refractivity (Wildman–Crippen MR) is 82.2 cm³/mol. The molecule has 0 aliphatic carbocycles. The van der Waals surface area contributed by atoms with Gasteiger partial charge in [0, 0.05) is 24.2 Å². The normalized spacial score (nSPS) is 21.7. The molecule has 0 atom stereocenters. The van der Waals surface area contributed by atoms with E-state index in [0.717, 1.165) is 24.7 Å². The number of piperidine rings is 1. The molecular weight excluding hydrogens is 266 g/mol. The molecular formula is C16H23N3O2. The number of benzene rings is 1. The zero-order valence-electron chi connectivity index (χ0n) is 12.4. The molecule has 114 valence electrons. The lowest BCUT2D eigenvalue weighted by Gasteiger charge is -2.36. The minimum atomic E-state index is -0.272. The molecule has 2 heterocycles. The van der Waals surface area contributed by atoms with Crippen molar-refractivity contribution in [2.24, 2.45) is 0 Å². The summed E-state index contributed by atoms with van der Waals surface area (Å²) < 4.78 is 0. The summed E-state index contributed by atoms with van der Waals surface area (Å²) in [6, 6.07) is 7.84. The van der Waals surface area contributed by atoms with Gasteiger partial charge in [-0.15, -0.1) is 0 Å². The first-order valence-electron chi connectivity index (χ1n) is 7.93. The van der Waals surface area contributed by atoms with E-state index in [2.05, 4.69) is 9.80 Å². The molecule has 0 radical (unpaired) electrons. The second-order valence-corrected chi connectivity index (χ2v) is 6.14. The van der Waals surface area contributed by atoms with E-state index in [1.165, 1.54) is 38.8 Å². The summed E-state index contributed by atoms with van der Waals surface area (Å²) in [4.78, 5) is 15.8. The smallest absolute Gasteiger partial charge is 0.273 e. The average molecular weight is 289 g/mol. The molecule has 0 amide bonds. The van der Waals surface area contributed by atoms with Crippen molar-refractivity contribution >= 4 is 5.69 Å². The maximum Gasteiger partial charge on any atom is 0.273 e. The Kier molecular flexibility index (Phi) is 4.51. The van der Waals surface area contributed by atoms with E-state index in [4.69, 9.17) is 0 Å². The van der Waals surface area contributed by atoms with Crippen LogP contribution in [0.15, 0.2) is 24.3 Å². The number of hydrogen-bond donors (Lipinski definition) is 0. The van der Waals surface area contributed by atoms with E-state index in [9.17, 15) is 10.1 Å². The Morgan fingerprint density at radius 1 is 1.10 bits per heavy atom. The number of nitro benzene ring substituents is 1. The molecule has 1 aromatic carbocycles. The number of rotatable bonds is 4. The van der Waals surface area contributed by atoms with Gasteiger partial charge in [0.05, 0.1) is 4.92 Å². The number of para-hydroxylation sites is 1. The summed E-state index contributed by atoms with van der Waals surface area (Å²) in [6.45, 7) is 5.31. The number of nitrogens with zero attached hydrogens (tertiary/aromatic N) is 3. The van der Waals surface area contributed by atoms with E-state index in [1.807, 2.05) is 12.1 Å². The highest BCUT2D eigenvalue weighted by molar-refractivity contribution is 5.39. The molecule has 2 saturated heterocycles.